The molecule has 0 aromatic carbocycles. The van der Waals surface area contributed by atoms with Gasteiger partial charge in [-0.1, -0.05) is 6.92 Å². The van der Waals surface area contributed by atoms with E-state index in [9.17, 15) is 0 Å². The van der Waals surface area contributed by atoms with Crippen molar-refractivity contribution in [1.82, 2.24) is 10.2 Å². The molecule has 2 rings (SSSR count). The van der Waals surface area contributed by atoms with Crippen molar-refractivity contribution in [2.45, 2.75) is 51.9 Å². The van der Waals surface area contributed by atoms with Gasteiger partial charge in [-0.05, 0) is 51.9 Å². The molecule has 4 heteroatoms. The number of likely N-dealkylation sites (N-methyl/N-ethyl adjacent to an activating group) is 1. The van der Waals surface area contributed by atoms with Crippen LogP contribution in [0, 0.1) is 6.92 Å². The van der Waals surface area contributed by atoms with Gasteiger partial charge in [-0.2, -0.15) is 0 Å². The molecular formula is C16H28N2O2. The molecule has 2 atom stereocenters. The summed E-state index contributed by atoms with van der Waals surface area (Å²) in [4.78, 5) is 2.28. The molecule has 1 aromatic rings. The summed E-state index contributed by atoms with van der Waals surface area (Å²) >= 11 is 0. The quantitative estimate of drug-likeness (QED) is 0.743. The molecule has 1 aliphatic heterocycles. The van der Waals surface area contributed by atoms with Gasteiger partial charge in [-0.25, -0.2) is 0 Å². The van der Waals surface area contributed by atoms with E-state index in [1.165, 1.54) is 19.3 Å². The van der Waals surface area contributed by atoms with E-state index < -0.39 is 0 Å². The molecule has 0 radical (unpaired) electrons. The summed E-state index contributed by atoms with van der Waals surface area (Å²) in [6.45, 7) is 8.08. The Morgan fingerprint density at radius 1 is 1.30 bits per heavy atom. The summed E-state index contributed by atoms with van der Waals surface area (Å²) in [5.41, 5.74) is 0. The molecule has 0 spiro atoms. The fourth-order valence-corrected chi connectivity index (χ4v) is 2.75. The second kappa shape index (κ2) is 7.81. The fraction of sp³-hybridized carbons (Fsp3) is 0.750. The van der Waals surface area contributed by atoms with Crippen LogP contribution in [0.2, 0.25) is 0 Å². The largest absolute Gasteiger partial charge is 0.465 e. The highest BCUT2D eigenvalue weighted by molar-refractivity contribution is 5.05. The molecule has 1 aliphatic rings. The third-order valence-corrected chi connectivity index (χ3v) is 3.73. The third-order valence-electron chi connectivity index (χ3n) is 3.73. The minimum atomic E-state index is 0.365. The van der Waals surface area contributed by atoms with Gasteiger partial charge in [-0.3, -0.25) is 4.90 Å². The van der Waals surface area contributed by atoms with Crippen molar-refractivity contribution >= 4 is 0 Å². The van der Waals surface area contributed by atoms with Gasteiger partial charge in [-0.15, -0.1) is 0 Å². The Bertz CT molecular complexity index is 392. The van der Waals surface area contributed by atoms with E-state index in [-0.39, 0.29) is 0 Å². The second-order valence-corrected chi connectivity index (χ2v) is 5.87. The summed E-state index contributed by atoms with van der Waals surface area (Å²) in [7, 11) is 2.13. The van der Waals surface area contributed by atoms with Crippen molar-refractivity contribution in [3.8, 4) is 0 Å². The number of aryl methyl sites for hydroxylation is 1. The number of furan rings is 1. The van der Waals surface area contributed by atoms with Crippen LogP contribution in [-0.4, -0.2) is 43.8 Å². The lowest BCUT2D eigenvalue weighted by Gasteiger charge is -2.20. The molecule has 1 fully saturated rings. The standard InChI is InChI=1S/C16H28N2O2/c1-4-9-17-10-14-7-8-16(20-14)12-18(3)11-15-6-5-13(2)19-15/h5-6,14,16-17H,4,7-12H2,1-3H3. The maximum Gasteiger partial charge on any atom is 0.118 e. The maximum atomic E-state index is 6.09. The van der Waals surface area contributed by atoms with Crippen LogP contribution in [0.4, 0.5) is 0 Å². The van der Waals surface area contributed by atoms with E-state index >= 15 is 0 Å². The first kappa shape index (κ1) is 15.5. The van der Waals surface area contributed by atoms with E-state index in [2.05, 4.69) is 30.3 Å². The van der Waals surface area contributed by atoms with Gasteiger partial charge in [0.25, 0.3) is 0 Å². The first-order valence-corrected chi connectivity index (χ1v) is 7.77. The molecule has 1 saturated heterocycles. The van der Waals surface area contributed by atoms with Crippen molar-refractivity contribution < 1.29 is 9.15 Å². The molecular weight excluding hydrogens is 252 g/mol. The molecule has 114 valence electrons. The highest BCUT2D eigenvalue weighted by atomic mass is 16.5. The third kappa shape index (κ3) is 4.93. The number of rotatable bonds is 8. The molecule has 0 amide bonds. The van der Waals surface area contributed by atoms with E-state index in [1.54, 1.807) is 0 Å². The van der Waals surface area contributed by atoms with E-state index in [0.717, 1.165) is 37.7 Å². The smallest absolute Gasteiger partial charge is 0.118 e. The van der Waals surface area contributed by atoms with Crippen LogP contribution in [0.5, 0.6) is 0 Å². The van der Waals surface area contributed by atoms with Crippen molar-refractivity contribution in [3.05, 3.63) is 23.7 Å². The predicted octanol–water partition coefficient (Wildman–Crippen LogP) is 2.57. The van der Waals surface area contributed by atoms with Gasteiger partial charge >= 0.3 is 0 Å². The first-order chi connectivity index (χ1) is 9.67. The van der Waals surface area contributed by atoms with Gasteiger partial charge in [0.1, 0.15) is 11.5 Å². The molecule has 4 nitrogen and oxygen atoms in total. The summed E-state index contributed by atoms with van der Waals surface area (Å²) in [6, 6.07) is 4.07. The lowest BCUT2D eigenvalue weighted by atomic mass is 10.2. The van der Waals surface area contributed by atoms with E-state index in [1.807, 2.05) is 13.0 Å². The van der Waals surface area contributed by atoms with Gasteiger partial charge in [0.15, 0.2) is 0 Å². The van der Waals surface area contributed by atoms with E-state index in [4.69, 9.17) is 9.15 Å². The fourth-order valence-electron chi connectivity index (χ4n) is 2.75. The van der Waals surface area contributed by atoms with Gasteiger partial charge in [0.2, 0.25) is 0 Å². The Hall–Kier alpha value is -0.840. The minimum absolute atomic E-state index is 0.365. The summed E-state index contributed by atoms with van der Waals surface area (Å²) in [5.74, 6) is 2.01. The molecule has 1 aromatic heterocycles. The van der Waals surface area contributed by atoms with E-state index in [0.29, 0.717) is 12.2 Å². The zero-order valence-electron chi connectivity index (χ0n) is 13.0. The van der Waals surface area contributed by atoms with Crippen LogP contribution in [0.1, 0.15) is 37.7 Å². The average molecular weight is 280 g/mol. The van der Waals surface area contributed by atoms with Crippen LogP contribution in [0.3, 0.4) is 0 Å². The molecule has 20 heavy (non-hydrogen) atoms. The average Bonchev–Trinajstić information content (AvgIpc) is 2.99. The highest BCUT2D eigenvalue weighted by Crippen LogP contribution is 2.20. The highest BCUT2D eigenvalue weighted by Gasteiger charge is 2.25. The lowest BCUT2D eigenvalue weighted by Crippen LogP contribution is -2.31. The lowest BCUT2D eigenvalue weighted by molar-refractivity contribution is 0.0259. The molecule has 0 bridgehead atoms. The molecule has 2 heterocycles. The Morgan fingerprint density at radius 2 is 2.10 bits per heavy atom. The van der Waals surface area contributed by atoms with Gasteiger partial charge < -0.3 is 14.5 Å². The SMILES string of the molecule is CCCNCC1CCC(CN(C)Cc2ccc(C)o2)O1. The predicted molar refractivity (Wildman–Crippen MR) is 80.8 cm³/mol. The second-order valence-electron chi connectivity index (χ2n) is 5.87. The Labute approximate surface area is 122 Å². The zero-order valence-corrected chi connectivity index (χ0v) is 13.0. The van der Waals surface area contributed by atoms with Crippen LogP contribution < -0.4 is 5.32 Å². The number of hydrogen-bond acceptors (Lipinski definition) is 4. The van der Waals surface area contributed by atoms with Crippen LogP contribution >= 0.6 is 0 Å². The Balaban J connectivity index is 1.66. The normalized spacial score (nSPS) is 22.8. The van der Waals surface area contributed by atoms with Gasteiger partial charge in [0.05, 0.1) is 18.8 Å². The number of nitrogens with zero attached hydrogens (tertiary/aromatic N) is 1. The van der Waals surface area contributed by atoms with Crippen molar-refractivity contribution in [2.24, 2.45) is 0 Å². The van der Waals surface area contributed by atoms with Crippen LogP contribution in [0.15, 0.2) is 16.5 Å². The monoisotopic (exact) mass is 280 g/mol. The zero-order chi connectivity index (χ0) is 14.4. The summed E-state index contributed by atoms with van der Waals surface area (Å²) < 4.78 is 11.7. The summed E-state index contributed by atoms with van der Waals surface area (Å²) in [6.07, 6.45) is 4.28. The van der Waals surface area contributed by atoms with Crippen molar-refractivity contribution in [1.29, 1.82) is 0 Å². The van der Waals surface area contributed by atoms with Crippen LogP contribution in [-0.2, 0) is 11.3 Å². The topological polar surface area (TPSA) is 37.6 Å². The summed E-state index contributed by atoms with van der Waals surface area (Å²) in [5, 5.41) is 3.44. The molecule has 1 N–H and O–H groups in total. The van der Waals surface area contributed by atoms with Gasteiger partial charge in [0, 0.05) is 13.1 Å². The minimum Gasteiger partial charge on any atom is -0.465 e. The van der Waals surface area contributed by atoms with Crippen molar-refractivity contribution in [2.75, 3.05) is 26.7 Å². The first-order valence-electron chi connectivity index (χ1n) is 7.77. The molecule has 0 aliphatic carbocycles. The Morgan fingerprint density at radius 3 is 2.80 bits per heavy atom. The Kier molecular flexibility index (Phi) is 6.07. The number of ether oxygens (including phenoxy) is 1. The van der Waals surface area contributed by atoms with Crippen molar-refractivity contribution in [3.63, 3.8) is 0 Å². The molecule has 0 saturated carbocycles. The number of hydrogen-bond donors (Lipinski definition) is 1. The maximum absolute atomic E-state index is 6.09. The molecule has 2 unspecified atom stereocenters. The van der Waals surface area contributed by atoms with Crippen LogP contribution in [0.25, 0.3) is 0 Å². The number of nitrogens with one attached hydrogen (secondary N) is 1.